The van der Waals surface area contributed by atoms with Crippen LogP contribution in [-0.2, 0) is 23.9 Å². The maximum absolute atomic E-state index is 12.8. The number of hydrogen-bond acceptors (Lipinski definition) is 7. The van der Waals surface area contributed by atoms with E-state index in [1.54, 1.807) is 0 Å². The molecule has 0 spiro atoms. The molecule has 2 heterocycles. The SMILES string of the molecule is CCCCCCCCON1C(C)(C)CC(OCCCCCCCCCC(=O)OC2CC(C)(C)N(OCCCCCCCC)C(C)(C)C2)CC1(C)C. The van der Waals surface area contributed by atoms with Gasteiger partial charge < -0.3 is 9.47 Å². The molecule has 0 aliphatic carbocycles. The Bertz CT molecular complexity index is 883. The van der Waals surface area contributed by atoms with E-state index in [0.717, 1.165) is 77.6 Å². The molecule has 2 rings (SSSR count). The Morgan fingerprint density at radius 3 is 1.22 bits per heavy atom. The van der Waals surface area contributed by atoms with E-state index in [-0.39, 0.29) is 40.3 Å². The fourth-order valence-corrected chi connectivity index (χ4v) is 9.07. The summed E-state index contributed by atoms with van der Waals surface area (Å²) in [5.74, 6) is -0.0354. The van der Waals surface area contributed by atoms with Crippen molar-refractivity contribution in [3.05, 3.63) is 0 Å². The normalized spacial score (nSPS) is 20.9. The average Bonchev–Trinajstić information content (AvgIpc) is 3.02. The first-order chi connectivity index (χ1) is 24.1. The van der Waals surface area contributed by atoms with Gasteiger partial charge in [-0.05, 0) is 93.9 Å². The van der Waals surface area contributed by atoms with E-state index in [9.17, 15) is 4.79 Å². The Labute approximate surface area is 316 Å². The Balaban J connectivity index is 1.53. The first kappa shape index (κ1) is 46.4. The summed E-state index contributed by atoms with van der Waals surface area (Å²) < 4.78 is 12.5. The number of unbranched alkanes of at least 4 members (excludes halogenated alkanes) is 16. The summed E-state index contributed by atoms with van der Waals surface area (Å²) in [5, 5.41) is 4.48. The van der Waals surface area contributed by atoms with E-state index in [0.29, 0.717) is 6.42 Å². The minimum Gasteiger partial charge on any atom is -0.462 e. The van der Waals surface area contributed by atoms with E-state index < -0.39 is 0 Å². The first-order valence-corrected chi connectivity index (χ1v) is 21.8. The summed E-state index contributed by atoms with van der Waals surface area (Å²) in [7, 11) is 0. The van der Waals surface area contributed by atoms with Gasteiger partial charge in [0.05, 0.1) is 19.3 Å². The number of piperidine rings is 2. The minimum atomic E-state index is -0.174. The van der Waals surface area contributed by atoms with Gasteiger partial charge in [-0.3, -0.25) is 14.5 Å². The fourth-order valence-electron chi connectivity index (χ4n) is 9.07. The molecule has 7 nitrogen and oxygen atoms in total. The van der Waals surface area contributed by atoms with Crippen LogP contribution in [0, 0.1) is 0 Å². The topological polar surface area (TPSA) is 60.5 Å². The van der Waals surface area contributed by atoms with Crippen molar-refractivity contribution in [1.82, 2.24) is 10.1 Å². The monoisotopic (exact) mass is 723 g/mol. The molecular formula is C44H86N2O5. The van der Waals surface area contributed by atoms with Gasteiger partial charge in [-0.25, -0.2) is 0 Å². The molecule has 0 amide bonds. The molecule has 302 valence electrons. The zero-order valence-corrected chi connectivity index (χ0v) is 35.7. The average molecular weight is 723 g/mol. The van der Waals surface area contributed by atoms with E-state index in [4.69, 9.17) is 19.1 Å². The highest BCUT2D eigenvalue weighted by Crippen LogP contribution is 2.41. The predicted octanol–water partition coefficient (Wildman–Crippen LogP) is 12.3. The van der Waals surface area contributed by atoms with Crippen LogP contribution >= 0.6 is 0 Å². The standard InChI is InChI=1S/C44H86N2O5/c1-11-13-15-17-24-28-32-49-45-41(3,4)34-38(35-42(45,5)6)48-31-27-23-21-19-20-22-26-30-40(47)51-39-36-43(7,8)46(44(9,10)37-39)50-33-29-25-18-16-14-12-2/h38-39H,11-37H2,1-10H3. The van der Waals surface area contributed by atoms with Crippen LogP contribution in [0.15, 0.2) is 0 Å². The van der Waals surface area contributed by atoms with E-state index >= 15 is 0 Å². The van der Waals surface area contributed by atoms with Gasteiger partial charge in [-0.2, -0.15) is 10.1 Å². The van der Waals surface area contributed by atoms with Crippen LogP contribution < -0.4 is 0 Å². The molecule has 0 radical (unpaired) electrons. The van der Waals surface area contributed by atoms with Crippen molar-refractivity contribution in [2.24, 2.45) is 0 Å². The van der Waals surface area contributed by atoms with Gasteiger partial charge >= 0.3 is 5.97 Å². The lowest BCUT2D eigenvalue weighted by Crippen LogP contribution is -2.62. The lowest BCUT2D eigenvalue weighted by atomic mass is 9.80. The highest BCUT2D eigenvalue weighted by Gasteiger charge is 2.48. The molecule has 2 fully saturated rings. The van der Waals surface area contributed by atoms with Crippen LogP contribution in [0.4, 0.5) is 0 Å². The smallest absolute Gasteiger partial charge is 0.306 e. The molecule has 0 aromatic rings. The summed E-state index contributed by atoms with van der Waals surface area (Å²) in [5.41, 5.74) is -0.417. The number of carbonyl (C=O) groups is 1. The van der Waals surface area contributed by atoms with Crippen molar-refractivity contribution < 1.29 is 23.9 Å². The van der Waals surface area contributed by atoms with Crippen molar-refractivity contribution in [3.8, 4) is 0 Å². The molecule has 0 N–H and O–H groups in total. The van der Waals surface area contributed by atoms with Crippen LogP contribution in [0.5, 0.6) is 0 Å². The zero-order valence-electron chi connectivity index (χ0n) is 35.7. The van der Waals surface area contributed by atoms with Gasteiger partial charge in [-0.1, -0.05) is 110 Å². The molecule has 0 aromatic heterocycles. The molecule has 0 atom stereocenters. The summed E-state index contributed by atoms with van der Waals surface area (Å²) in [6, 6.07) is 0. The van der Waals surface area contributed by atoms with Crippen LogP contribution in [0.1, 0.15) is 223 Å². The molecule has 51 heavy (non-hydrogen) atoms. The highest BCUT2D eigenvalue weighted by molar-refractivity contribution is 5.69. The molecule has 2 aliphatic rings. The van der Waals surface area contributed by atoms with Gasteiger partial charge in [0.1, 0.15) is 6.10 Å². The number of rotatable bonds is 28. The number of nitrogens with zero attached hydrogens (tertiary/aromatic N) is 2. The van der Waals surface area contributed by atoms with Crippen molar-refractivity contribution >= 4 is 5.97 Å². The summed E-state index contributed by atoms with van der Waals surface area (Å²) >= 11 is 0. The number of hydrogen-bond donors (Lipinski definition) is 0. The third-order valence-corrected chi connectivity index (χ3v) is 11.2. The van der Waals surface area contributed by atoms with Gasteiger partial charge in [0.15, 0.2) is 0 Å². The second-order valence-electron chi connectivity index (χ2n) is 18.7. The minimum absolute atomic E-state index is 0.0343. The maximum atomic E-state index is 12.8. The van der Waals surface area contributed by atoms with Crippen molar-refractivity contribution in [1.29, 1.82) is 0 Å². The quantitative estimate of drug-likeness (QED) is 0.0588. The number of carbonyl (C=O) groups excluding carboxylic acids is 1. The van der Waals surface area contributed by atoms with Gasteiger partial charge in [0.2, 0.25) is 0 Å². The molecule has 0 unspecified atom stereocenters. The Morgan fingerprint density at radius 1 is 0.471 bits per heavy atom. The van der Waals surface area contributed by atoms with Gasteiger partial charge in [0.25, 0.3) is 0 Å². The summed E-state index contributed by atoms with van der Waals surface area (Å²) in [4.78, 5) is 25.5. The first-order valence-electron chi connectivity index (χ1n) is 21.8. The number of hydroxylamine groups is 4. The fraction of sp³-hybridized carbons (Fsp3) is 0.977. The molecule has 2 aliphatic heterocycles. The molecule has 0 saturated carbocycles. The maximum Gasteiger partial charge on any atom is 0.306 e. The van der Waals surface area contributed by atoms with Gasteiger partial charge in [-0.15, -0.1) is 0 Å². The number of esters is 1. The Morgan fingerprint density at radius 2 is 0.804 bits per heavy atom. The molecule has 0 bridgehead atoms. The third kappa shape index (κ3) is 18.0. The van der Waals surface area contributed by atoms with E-state index in [1.807, 2.05) is 0 Å². The lowest BCUT2D eigenvalue weighted by molar-refractivity contribution is -0.295. The summed E-state index contributed by atoms with van der Waals surface area (Å²) in [6.07, 6.45) is 27.7. The number of ether oxygens (including phenoxy) is 2. The molecule has 2 saturated heterocycles. The summed E-state index contributed by atoms with van der Waals surface area (Å²) in [6.45, 7) is 25.1. The highest BCUT2D eigenvalue weighted by atomic mass is 16.7. The molecule has 0 aromatic carbocycles. The van der Waals surface area contributed by atoms with Crippen LogP contribution in [0.25, 0.3) is 0 Å². The van der Waals surface area contributed by atoms with Crippen LogP contribution in [-0.4, -0.2) is 70.3 Å². The van der Waals surface area contributed by atoms with Crippen molar-refractivity contribution in [2.75, 3.05) is 19.8 Å². The predicted molar refractivity (Wildman–Crippen MR) is 214 cm³/mol. The lowest BCUT2D eigenvalue weighted by Gasteiger charge is -2.53. The zero-order chi connectivity index (χ0) is 37.8. The third-order valence-electron chi connectivity index (χ3n) is 11.2. The van der Waals surface area contributed by atoms with Crippen molar-refractivity contribution in [3.63, 3.8) is 0 Å². The van der Waals surface area contributed by atoms with Crippen LogP contribution in [0.2, 0.25) is 0 Å². The second kappa shape index (κ2) is 23.9. The van der Waals surface area contributed by atoms with E-state index in [2.05, 4.69) is 79.4 Å². The van der Waals surface area contributed by atoms with Gasteiger partial charge in [0, 0.05) is 48.0 Å². The van der Waals surface area contributed by atoms with Crippen LogP contribution in [0.3, 0.4) is 0 Å². The Kier molecular flexibility index (Phi) is 21.8. The Hall–Kier alpha value is -0.730. The molecule has 7 heteroatoms. The molecular weight excluding hydrogens is 636 g/mol. The van der Waals surface area contributed by atoms with E-state index in [1.165, 1.54) is 89.9 Å². The second-order valence-corrected chi connectivity index (χ2v) is 18.7. The van der Waals surface area contributed by atoms with Crippen molar-refractivity contribution in [2.45, 2.75) is 258 Å². The largest absolute Gasteiger partial charge is 0.462 e.